The number of aryl methyl sites for hydroxylation is 4. The van der Waals surface area contributed by atoms with Crippen molar-refractivity contribution in [2.24, 2.45) is 0 Å². The van der Waals surface area contributed by atoms with Crippen LogP contribution in [0.4, 0.5) is 5.69 Å². The Morgan fingerprint density at radius 3 is 2.50 bits per heavy atom. The Hall–Kier alpha value is -2.36. The molecule has 3 aromatic rings. The lowest BCUT2D eigenvalue weighted by molar-refractivity contribution is 0.837. The Bertz CT molecular complexity index is 741. The molecular weight excluding hydrogens is 248 g/mol. The summed E-state index contributed by atoms with van der Waals surface area (Å²) in [6.07, 6.45) is 3.85. The molecule has 0 aliphatic heterocycles. The van der Waals surface area contributed by atoms with Crippen LogP contribution in [0.2, 0.25) is 0 Å². The zero-order chi connectivity index (χ0) is 14.1. The van der Waals surface area contributed by atoms with E-state index in [0.717, 1.165) is 29.9 Å². The molecule has 0 aliphatic rings. The molecule has 0 saturated heterocycles. The van der Waals surface area contributed by atoms with Crippen LogP contribution in [0.5, 0.6) is 0 Å². The van der Waals surface area contributed by atoms with Crippen LogP contribution >= 0.6 is 0 Å². The molecule has 0 fully saturated rings. The second-order valence-electron chi connectivity index (χ2n) is 5.27. The average Bonchev–Trinajstić information content (AvgIpc) is 2.81. The van der Waals surface area contributed by atoms with E-state index in [1.54, 1.807) is 0 Å². The van der Waals surface area contributed by atoms with Crippen molar-refractivity contribution in [3.8, 4) is 0 Å². The normalized spacial score (nSPS) is 11.1. The van der Waals surface area contributed by atoms with E-state index in [-0.39, 0.29) is 0 Å². The average molecular weight is 266 g/mol. The molecule has 0 amide bonds. The van der Waals surface area contributed by atoms with Crippen molar-refractivity contribution in [2.45, 2.75) is 26.7 Å². The van der Waals surface area contributed by atoms with Gasteiger partial charge in [0, 0.05) is 12.6 Å². The highest BCUT2D eigenvalue weighted by Crippen LogP contribution is 2.16. The third-order valence-corrected chi connectivity index (χ3v) is 3.50. The number of nitrogens with zero attached hydrogens (tertiary/aromatic N) is 3. The van der Waals surface area contributed by atoms with Crippen LogP contribution in [0.1, 0.15) is 22.5 Å². The van der Waals surface area contributed by atoms with Crippen LogP contribution in [0.15, 0.2) is 36.5 Å². The van der Waals surface area contributed by atoms with Gasteiger partial charge >= 0.3 is 0 Å². The van der Waals surface area contributed by atoms with Crippen molar-refractivity contribution >= 4 is 11.3 Å². The monoisotopic (exact) mass is 266 g/mol. The van der Waals surface area contributed by atoms with Gasteiger partial charge in [0.2, 0.25) is 0 Å². The van der Waals surface area contributed by atoms with E-state index >= 15 is 0 Å². The van der Waals surface area contributed by atoms with Crippen LogP contribution < -0.4 is 5.73 Å². The molecule has 0 atom stereocenters. The van der Waals surface area contributed by atoms with Crippen LogP contribution in [0.3, 0.4) is 0 Å². The number of hydrogen-bond donors (Lipinski definition) is 1. The van der Waals surface area contributed by atoms with Gasteiger partial charge in [-0.1, -0.05) is 29.8 Å². The molecule has 4 nitrogen and oxygen atoms in total. The second kappa shape index (κ2) is 4.96. The summed E-state index contributed by atoms with van der Waals surface area (Å²) in [6.45, 7) is 4.13. The number of anilines is 1. The number of benzene rings is 1. The number of aromatic nitrogens is 3. The van der Waals surface area contributed by atoms with Crippen LogP contribution in [0, 0.1) is 13.8 Å². The molecule has 0 saturated carbocycles. The first-order valence-corrected chi connectivity index (χ1v) is 6.79. The van der Waals surface area contributed by atoms with E-state index < -0.39 is 0 Å². The largest absolute Gasteiger partial charge is 0.396 e. The Morgan fingerprint density at radius 1 is 1.00 bits per heavy atom. The van der Waals surface area contributed by atoms with Gasteiger partial charge in [-0.15, -0.1) is 10.2 Å². The summed E-state index contributed by atoms with van der Waals surface area (Å²) in [6, 6.07) is 10.5. The van der Waals surface area contributed by atoms with Crippen molar-refractivity contribution < 1.29 is 0 Å². The SMILES string of the molecule is Cc1ccc(CCc2nnc3c(N)cc(C)cn23)cc1. The standard InChI is InChI=1S/C16H18N4/c1-11-3-5-13(6-4-11)7-8-15-18-19-16-14(17)9-12(2)10-20(15)16/h3-6,9-10H,7-8,17H2,1-2H3. The molecule has 2 N–H and O–H groups in total. The minimum absolute atomic E-state index is 0.680. The van der Waals surface area contributed by atoms with Gasteiger partial charge in [-0.2, -0.15) is 0 Å². The van der Waals surface area contributed by atoms with Crippen LogP contribution in [0.25, 0.3) is 5.65 Å². The fourth-order valence-electron chi connectivity index (χ4n) is 2.39. The highest BCUT2D eigenvalue weighted by molar-refractivity contribution is 5.65. The molecular formula is C16H18N4. The van der Waals surface area contributed by atoms with Gasteiger partial charge in [-0.05, 0) is 37.5 Å². The lowest BCUT2D eigenvalue weighted by atomic mass is 10.1. The molecule has 0 bridgehead atoms. The molecule has 20 heavy (non-hydrogen) atoms. The van der Waals surface area contributed by atoms with Crippen molar-refractivity contribution in [2.75, 3.05) is 5.73 Å². The first-order valence-electron chi connectivity index (χ1n) is 6.79. The number of nitrogens with two attached hydrogens (primary N) is 1. The molecule has 102 valence electrons. The van der Waals surface area contributed by atoms with Gasteiger partial charge in [0.25, 0.3) is 0 Å². The third-order valence-electron chi connectivity index (χ3n) is 3.50. The highest BCUT2D eigenvalue weighted by Gasteiger charge is 2.08. The van der Waals surface area contributed by atoms with Gasteiger partial charge in [-0.3, -0.25) is 4.40 Å². The first kappa shape index (κ1) is 12.7. The summed E-state index contributed by atoms with van der Waals surface area (Å²) < 4.78 is 2.00. The van der Waals surface area contributed by atoms with Gasteiger partial charge in [0.1, 0.15) is 5.82 Å². The summed E-state index contributed by atoms with van der Waals surface area (Å²) in [4.78, 5) is 0. The van der Waals surface area contributed by atoms with E-state index in [4.69, 9.17) is 5.73 Å². The van der Waals surface area contributed by atoms with Crippen molar-refractivity contribution in [1.82, 2.24) is 14.6 Å². The maximum Gasteiger partial charge on any atom is 0.184 e. The van der Waals surface area contributed by atoms with E-state index in [1.807, 2.05) is 23.6 Å². The number of fused-ring (bicyclic) bond motifs is 1. The maximum absolute atomic E-state index is 5.97. The van der Waals surface area contributed by atoms with Crippen molar-refractivity contribution in [3.05, 3.63) is 59.0 Å². The number of rotatable bonds is 3. The minimum atomic E-state index is 0.680. The fourth-order valence-corrected chi connectivity index (χ4v) is 2.39. The van der Waals surface area contributed by atoms with Gasteiger partial charge in [0.15, 0.2) is 5.65 Å². The molecule has 0 spiro atoms. The smallest absolute Gasteiger partial charge is 0.184 e. The predicted molar refractivity (Wildman–Crippen MR) is 80.7 cm³/mol. The number of nitrogen functional groups attached to an aromatic ring is 1. The molecule has 2 heterocycles. The zero-order valence-corrected chi connectivity index (χ0v) is 11.8. The van der Waals surface area contributed by atoms with Gasteiger partial charge < -0.3 is 5.73 Å². The van der Waals surface area contributed by atoms with Crippen LogP contribution in [-0.2, 0) is 12.8 Å². The number of hydrogen-bond acceptors (Lipinski definition) is 3. The van der Waals surface area contributed by atoms with Crippen molar-refractivity contribution in [1.29, 1.82) is 0 Å². The molecule has 4 heteroatoms. The molecule has 0 unspecified atom stereocenters. The van der Waals surface area contributed by atoms with Crippen molar-refractivity contribution in [3.63, 3.8) is 0 Å². The summed E-state index contributed by atoms with van der Waals surface area (Å²) in [7, 11) is 0. The lowest BCUT2D eigenvalue weighted by Gasteiger charge is -2.04. The molecule has 0 aliphatic carbocycles. The summed E-state index contributed by atoms with van der Waals surface area (Å²) >= 11 is 0. The second-order valence-corrected chi connectivity index (χ2v) is 5.27. The zero-order valence-electron chi connectivity index (χ0n) is 11.8. The maximum atomic E-state index is 5.97. The Kier molecular flexibility index (Phi) is 3.14. The fraction of sp³-hybridized carbons (Fsp3) is 0.250. The van der Waals surface area contributed by atoms with E-state index in [2.05, 4.69) is 41.4 Å². The van der Waals surface area contributed by atoms with E-state index in [0.29, 0.717) is 5.69 Å². The Labute approximate surface area is 118 Å². The first-order chi connectivity index (χ1) is 9.63. The predicted octanol–water partition coefficient (Wildman–Crippen LogP) is 2.71. The Morgan fingerprint density at radius 2 is 1.75 bits per heavy atom. The van der Waals surface area contributed by atoms with E-state index in [1.165, 1.54) is 11.1 Å². The third kappa shape index (κ3) is 2.37. The highest BCUT2D eigenvalue weighted by atomic mass is 15.2. The lowest BCUT2D eigenvalue weighted by Crippen LogP contribution is -2.00. The number of pyridine rings is 1. The van der Waals surface area contributed by atoms with E-state index in [9.17, 15) is 0 Å². The molecule has 2 aromatic heterocycles. The van der Waals surface area contributed by atoms with Crippen LogP contribution in [-0.4, -0.2) is 14.6 Å². The van der Waals surface area contributed by atoms with Gasteiger partial charge in [0.05, 0.1) is 5.69 Å². The molecule has 0 radical (unpaired) electrons. The quantitative estimate of drug-likeness (QED) is 0.793. The summed E-state index contributed by atoms with van der Waals surface area (Å²) in [5.74, 6) is 0.955. The van der Waals surface area contributed by atoms with Gasteiger partial charge in [-0.25, -0.2) is 0 Å². The summed E-state index contributed by atoms with van der Waals surface area (Å²) in [5, 5.41) is 8.44. The molecule has 3 rings (SSSR count). The minimum Gasteiger partial charge on any atom is -0.396 e. The topological polar surface area (TPSA) is 56.2 Å². The Balaban J connectivity index is 1.86. The molecule has 1 aromatic carbocycles. The summed E-state index contributed by atoms with van der Waals surface area (Å²) in [5.41, 5.74) is 11.1.